The Bertz CT molecular complexity index is 1320. The van der Waals surface area contributed by atoms with Crippen molar-refractivity contribution in [2.45, 2.75) is 12.1 Å². The first kappa shape index (κ1) is 21.4. The van der Waals surface area contributed by atoms with Crippen molar-refractivity contribution < 1.29 is 14.3 Å². The fourth-order valence-corrected chi connectivity index (χ4v) is 4.67. The molecular weight excluding hydrogens is 502 g/mol. The van der Waals surface area contributed by atoms with Gasteiger partial charge in [0.15, 0.2) is 5.11 Å². The number of rotatable bonds is 5. The molecule has 8 heteroatoms. The molecule has 3 heterocycles. The molecule has 0 saturated carbocycles. The Kier molecular flexibility index (Phi) is 5.70. The van der Waals surface area contributed by atoms with Gasteiger partial charge in [-0.2, -0.15) is 0 Å². The molecule has 5 rings (SSSR count). The zero-order valence-corrected chi connectivity index (χ0v) is 19.6. The van der Waals surface area contributed by atoms with Gasteiger partial charge in [0.1, 0.15) is 17.6 Å². The lowest BCUT2D eigenvalue weighted by Crippen LogP contribution is -2.29. The van der Waals surface area contributed by atoms with Crippen molar-refractivity contribution in [3.05, 3.63) is 107 Å². The standard InChI is InChI=1S/C25H18BrN3O3S/c26-15-8-10-16(11-9-15)29-23(22(28-25(29)33)19-7-3-4-14-27-19)21-13-12-20(32-21)17-5-1-2-6-18(17)24(30)31/h1-14,22-23H,(H,28,33)(H,30,31). The van der Waals surface area contributed by atoms with Crippen LogP contribution in [0.2, 0.25) is 0 Å². The molecule has 2 aromatic carbocycles. The normalized spacial score (nSPS) is 17.7. The SMILES string of the molecule is O=C(O)c1ccccc1-c1ccc(C2C(c3ccccn3)NC(=S)N2c2ccc(Br)cc2)o1. The number of halogens is 1. The van der Waals surface area contributed by atoms with Gasteiger partial charge in [0.25, 0.3) is 0 Å². The summed E-state index contributed by atoms with van der Waals surface area (Å²) in [7, 11) is 0. The number of furan rings is 1. The number of hydrogen-bond donors (Lipinski definition) is 2. The van der Waals surface area contributed by atoms with Crippen LogP contribution in [0.15, 0.2) is 93.9 Å². The molecule has 1 aliphatic heterocycles. The Morgan fingerprint density at radius 2 is 1.79 bits per heavy atom. The summed E-state index contributed by atoms with van der Waals surface area (Å²) in [6.45, 7) is 0. The molecule has 1 saturated heterocycles. The Morgan fingerprint density at radius 3 is 2.52 bits per heavy atom. The van der Waals surface area contributed by atoms with E-state index in [4.69, 9.17) is 16.6 Å². The molecule has 1 aliphatic rings. The van der Waals surface area contributed by atoms with Crippen LogP contribution >= 0.6 is 28.1 Å². The van der Waals surface area contributed by atoms with E-state index < -0.39 is 5.97 Å². The van der Waals surface area contributed by atoms with E-state index in [0.29, 0.717) is 22.2 Å². The molecule has 2 unspecified atom stereocenters. The van der Waals surface area contributed by atoms with Gasteiger partial charge in [-0.05, 0) is 66.8 Å². The number of anilines is 1. The Labute approximate surface area is 204 Å². The van der Waals surface area contributed by atoms with E-state index in [2.05, 4.69) is 26.2 Å². The minimum Gasteiger partial charge on any atom is -0.478 e. The average Bonchev–Trinajstić information content (AvgIpc) is 3.45. The molecule has 2 aromatic heterocycles. The van der Waals surface area contributed by atoms with E-state index in [1.54, 1.807) is 36.5 Å². The number of benzene rings is 2. The smallest absolute Gasteiger partial charge is 0.336 e. The lowest BCUT2D eigenvalue weighted by atomic mass is 10.0. The van der Waals surface area contributed by atoms with Crippen molar-refractivity contribution in [3.63, 3.8) is 0 Å². The molecule has 33 heavy (non-hydrogen) atoms. The highest BCUT2D eigenvalue weighted by Crippen LogP contribution is 2.43. The first-order valence-corrected chi connectivity index (χ1v) is 11.4. The maximum atomic E-state index is 11.7. The molecular formula is C25H18BrN3O3S. The third-order valence-corrected chi connectivity index (χ3v) is 6.39. The lowest BCUT2D eigenvalue weighted by molar-refractivity contribution is 0.0697. The summed E-state index contributed by atoms with van der Waals surface area (Å²) >= 11 is 9.20. The minimum atomic E-state index is -1.00. The summed E-state index contributed by atoms with van der Waals surface area (Å²) in [4.78, 5) is 18.3. The van der Waals surface area contributed by atoms with Crippen LogP contribution in [0.1, 0.15) is 33.9 Å². The second-order valence-corrected chi connectivity index (χ2v) is 8.83. The van der Waals surface area contributed by atoms with Gasteiger partial charge in [-0.3, -0.25) is 4.98 Å². The number of nitrogens with one attached hydrogen (secondary N) is 1. The topological polar surface area (TPSA) is 78.6 Å². The van der Waals surface area contributed by atoms with Crippen LogP contribution < -0.4 is 10.2 Å². The van der Waals surface area contributed by atoms with Gasteiger partial charge in [-0.15, -0.1) is 0 Å². The van der Waals surface area contributed by atoms with E-state index in [9.17, 15) is 9.90 Å². The average molecular weight is 520 g/mol. The van der Waals surface area contributed by atoms with E-state index >= 15 is 0 Å². The first-order chi connectivity index (χ1) is 16.0. The van der Waals surface area contributed by atoms with Gasteiger partial charge in [-0.25, -0.2) is 4.79 Å². The van der Waals surface area contributed by atoms with Crippen molar-refractivity contribution in [1.29, 1.82) is 0 Å². The number of pyridine rings is 1. The molecule has 2 atom stereocenters. The maximum absolute atomic E-state index is 11.7. The Hall–Kier alpha value is -3.49. The van der Waals surface area contributed by atoms with Gasteiger partial charge in [0, 0.05) is 21.9 Å². The van der Waals surface area contributed by atoms with Crippen LogP contribution in [0.5, 0.6) is 0 Å². The first-order valence-electron chi connectivity index (χ1n) is 10.2. The number of nitrogens with zero attached hydrogens (tertiary/aromatic N) is 2. The van der Waals surface area contributed by atoms with Crippen LogP contribution in [0.3, 0.4) is 0 Å². The highest BCUT2D eigenvalue weighted by atomic mass is 79.9. The highest BCUT2D eigenvalue weighted by Gasteiger charge is 2.42. The number of carbonyl (C=O) groups is 1. The summed E-state index contributed by atoms with van der Waals surface area (Å²) < 4.78 is 7.24. The summed E-state index contributed by atoms with van der Waals surface area (Å²) in [5, 5.41) is 13.5. The van der Waals surface area contributed by atoms with Crippen LogP contribution in [0, 0.1) is 0 Å². The fourth-order valence-electron chi connectivity index (χ4n) is 4.06. The van der Waals surface area contributed by atoms with Gasteiger partial charge < -0.3 is 19.7 Å². The molecule has 4 aromatic rings. The summed E-state index contributed by atoms with van der Waals surface area (Å²) in [5.74, 6) is 0.127. The van der Waals surface area contributed by atoms with Crippen molar-refractivity contribution in [2.75, 3.05) is 4.90 Å². The minimum absolute atomic E-state index is 0.185. The van der Waals surface area contributed by atoms with Gasteiger partial charge in [-0.1, -0.05) is 40.2 Å². The number of carboxylic acid groups (broad SMARTS) is 1. The molecule has 164 valence electrons. The summed E-state index contributed by atoms with van der Waals surface area (Å²) in [6.07, 6.45) is 1.75. The van der Waals surface area contributed by atoms with E-state index in [1.165, 1.54) is 0 Å². The molecule has 1 fully saturated rings. The molecule has 0 bridgehead atoms. The number of carboxylic acids is 1. The van der Waals surface area contributed by atoms with Crippen molar-refractivity contribution in [1.82, 2.24) is 10.3 Å². The van der Waals surface area contributed by atoms with E-state index in [-0.39, 0.29) is 17.6 Å². The van der Waals surface area contributed by atoms with Crippen LogP contribution in [0.25, 0.3) is 11.3 Å². The zero-order chi connectivity index (χ0) is 22.9. The molecule has 0 spiro atoms. The Balaban J connectivity index is 1.61. The molecule has 2 N–H and O–H groups in total. The monoisotopic (exact) mass is 519 g/mol. The molecule has 6 nitrogen and oxygen atoms in total. The van der Waals surface area contributed by atoms with Crippen molar-refractivity contribution >= 4 is 44.9 Å². The summed E-state index contributed by atoms with van der Waals surface area (Å²) in [6, 6.07) is 23.5. The number of hydrogen-bond acceptors (Lipinski definition) is 4. The van der Waals surface area contributed by atoms with Gasteiger partial charge in [0.05, 0.1) is 17.3 Å². The van der Waals surface area contributed by atoms with Crippen LogP contribution in [0.4, 0.5) is 5.69 Å². The van der Waals surface area contributed by atoms with Crippen molar-refractivity contribution in [2.24, 2.45) is 0 Å². The predicted octanol–water partition coefficient (Wildman–Crippen LogP) is 5.98. The second-order valence-electron chi connectivity index (χ2n) is 7.53. The van der Waals surface area contributed by atoms with E-state index in [1.807, 2.05) is 53.4 Å². The third kappa shape index (κ3) is 4.03. The highest BCUT2D eigenvalue weighted by molar-refractivity contribution is 9.10. The second kappa shape index (κ2) is 8.80. The van der Waals surface area contributed by atoms with E-state index in [0.717, 1.165) is 15.9 Å². The van der Waals surface area contributed by atoms with Crippen molar-refractivity contribution in [3.8, 4) is 11.3 Å². The number of aromatic carboxylic acids is 1. The predicted molar refractivity (Wildman–Crippen MR) is 133 cm³/mol. The van der Waals surface area contributed by atoms with Crippen LogP contribution in [-0.2, 0) is 0 Å². The fraction of sp³-hybridized carbons (Fsp3) is 0.0800. The van der Waals surface area contributed by atoms with Gasteiger partial charge >= 0.3 is 5.97 Å². The maximum Gasteiger partial charge on any atom is 0.336 e. The molecule has 0 radical (unpaired) electrons. The number of thiocarbonyl (C=S) groups is 1. The summed E-state index contributed by atoms with van der Waals surface area (Å²) in [5.41, 5.74) is 2.44. The molecule has 0 amide bonds. The Morgan fingerprint density at radius 1 is 1.03 bits per heavy atom. The number of aromatic nitrogens is 1. The largest absolute Gasteiger partial charge is 0.478 e. The van der Waals surface area contributed by atoms with Crippen LogP contribution in [-0.4, -0.2) is 21.2 Å². The van der Waals surface area contributed by atoms with Gasteiger partial charge in [0.2, 0.25) is 0 Å². The zero-order valence-electron chi connectivity index (χ0n) is 17.2. The molecule has 0 aliphatic carbocycles. The third-order valence-electron chi connectivity index (χ3n) is 5.54. The lowest BCUT2D eigenvalue weighted by Gasteiger charge is -2.26. The quantitative estimate of drug-likeness (QED) is 0.314.